The average Bonchev–Trinajstić information content (AvgIpc) is 2.84. The van der Waals surface area contributed by atoms with Gasteiger partial charge < -0.3 is 10.0 Å². The SMILES string of the molecule is Cc1ccc(CCCC(=O)N2CCCCC2C(=O)O)s1. The predicted molar refractivity (Wildman–Crippen MR) is 79.0 cm³/mol. The average molecular weight is 295 g/mol. The number of carboxylic acid groups (broad SMARTS) is 1. The molecule has 1 aromatic heterocycles. The third-order valence-electron chi connectivity index (χ3n) is 3.72. The molecule has 4 nitrogen and oxygen atoms in total. The molecule has 1 aliphatic rings. The van der Waals surface area contributed by atoms with E-state index in [-0.39, 0.29) is 5.91 Å². The Bertz CT molecular complexity index is 483. The number of carboxylic acids is 1. The molecule has 1 aromatic rings. The normalized spacial score (nSPS) is 19.1. The van der Waals surface area contributed by atoms with E-state index in [4.69, 9.17) is 0 Å². The minimum absolute atomic E-state index is 0.00891. The lowest BCUT2D eigenvalue weighted by atomic mass is 10.0. The molecule has 1 fully saturated rings. The van der Waals surface area contributed by atoms with E-state index >= 15 is 0 Å². The van der Waals surface area contributed by atoms with E-state index in [1.54, 1.807) is 16.2 Å². The van der Waals surface area contributed by atoms with Crippen molar-refractivity contribution in [3.8, 4) is 0 Å². The largest absolute Gasteiger partial charge is 0.480 e. The van der Waals surface area contributed by atoms with Crippen LogP contribution in [-0.2, 0) is 16.0 Å². The standard InChI is InChI=1S/C15H21NO3S/c1-11-8-9-12(20-11)5-4-7-14(17)16-10-3-2-6-13(16)15(18)19/h8-9,13H,2-7,10H2,1H3,(H,18,19). The minimum atomic E-state index is -0.869. The maximum atomic E-state index is 12.2. The maximum Gasteiger partial charge on any atom is 0.326 e. The van der Waals surface area contributed by atoms with Gasteiger partial charge in [0.15, 0.2) is 0 Å². The Morgan fingerprint density at radius 1 is 1.40 bits per heavy atom. The van der Waals surface area contributed by atoms with Gasteiger partial charge in [0, 0.05) is 22.7 Å². The number of likely N-dealkylation sites (tertiary alicyclic amines) is 1. The summed E-state index contributed by atoms with van der Waals surface area (Å²) in [5.41, 5.74) is 0. The van der Waals surface area contributed by atoms with Crippen LogP contribution in [0.5, 0.6) is 0 Å². The van der Waals surface area contributed by atoms with Crippen molar-refractivity contribution in [1.82, 2.24) is 4.90 Å². The summed E-state index contributed by atoms with van der Waals surface area (Å²) in [5, 5.41) is 9.17. The summed E-state index contributed by atoms with van der Waals surface area (Å²) in [6, 6.07) is 3.58. The van der Waals surface area contributed by atoms with Crippen LogP contribution in [0.4, 0.5) is 0 Å². The van der Waals surface area contributed by atoms with Crippen LogP contribution < -0.4 is 0 Å². The van der Waals surface area contributed by atoms with Crippen LogP contribution in [0.1, 0.15) is 41.9 Å². The van der Waals surface area contributed by atoms with Crippen LogP contribution >= 0.6 is 11.3 Å². The van der Waals surface area contributed by atoms with Crippen molar-refractivity contribution in [1.29, 1.82) is 0 Å². The van der Waals surface area contributed by atoms with Gasteiger partial charge in [0.25, 0.3) is 0 Å². The van der Waals surface area contributed by atoms with Crippen molar-refractivity contribution >= 4 is 23.2 Å². The number of nitrogens with zero attached hydrogens (tertiary/aromatic N) is 1. The molecule has 20 heavy (non-hydrogen) atoms. The van der Waals surface area contributed by atoms with E-state index in [1.165, 1.54) is 9.75 Å². The highest BCUT2D eigenvalue weighted by atomic mass is 32.1. The molecule has 110 valence electrons. The van der Waals surface area contributed by atoms with Gasteiger partial charge >= 0.3 is 5.97 Å². The van der Waals surface area contributed by atoms with Crippen LogP contribution in [-0.4, -0.2) is 34.5 Å². The number of hydrogen-bond acceptors (Lipinski definition) is 3. The molecule has 0 aromatic carbocycles. The molecule has 1 atom stereocenters. The summed E-state index contributed by atoms with van der Waals surface area (Å²) in [6.07, 6.45) is 4.54. The highest BCUT2D eigenvalue weighted by Crippen LogP contribution is 2.20. The molecule has 1 unspecified atom stereocenters. The number of aliphatic carboxylic acids is 1. The minimum Gasteiger partial charge on any atom is -0.480 e. The molecule has 0 saturated carbocycles. The second kappa shape index (κ2) is 6.88. The van der Waals surface area contributed by atoms with Gasteiger partial charge in [-0.2, -0.15) is 0 Å². The fourth-order valence-corrected chi connectivity index (χ4v) is 3.60. The van der Waals surface area contributed by atoms with Crippen molar-refractivity contribution in [2.75, 3.05) is 6.54 Å². The van der Waals surface area contributed by atoms with Gasteiger partial charge in [0.05, 0.1) is 0 Å². The van der Waals surface area contributed by atoms with Crippen molar-refractivity contribution in [3.63, 3.8) is 0 Å². The molecule has 1 aliphatic heterocycles. The fourth-order valence-electron chi connectivity index (χ4n) is 2.66. The monoisotopic (exact) mass is 295 g/mol. The second-order valence-corrected chi connectivity index (χ2v) is 6.68. The smallest absolute Gasteiger partial charge is 0.326 e. The summed E-state index contributed by atoms with van der Waals surface area (Å²) in [6.45, 7) is 2.67. The zero-order valence-electron chi connectivity index (χ0n) is 11.8. The van der Waals surface area contributed by atoms with Crippen LogP contribution in [0.25, 0.3) is 0 Å². The Labute approximate surface area is 123 Å². The third kappa shape index (κ3) is 3.82. The summed E-state index contributed by atoms with van der Waals surface area (Å²) in [7, 11) is 0. The topological polar surface area (TPSA) is 57.6 Å². The van der Waals surface area contributed by atoms with Gasteiger partial charge in [-0.3, -0.25) is 4.79 Å². The van der Waals surface area contributed by atoms with Crippen molar-refractivity contribution in [2.45, 2.75) is 51.5 Å². The van der Waals surface area contributed by atoms with Crippen molar-refractivity contribution in [3.05, 3.63) is 21.9 Å². The van der Waals surface area contributed by atoms with Crippen molar-refractivity contribution in [2.24, 2.45) is 0 Å². The van der Waals surface area contributed by atoms with Crippen LogP contribution in [0.2, 0.25) is 0 Å². The Hall–Kier alpha value is -1.36. The molecule has 1 amide bonds. The third-order valence-corrected chi connectivity index (χ3v) is 4.78. The molecular formula is C15H21NO3S. The maximum absolute atomic E-state index is 12.2. The summed E-state index contributed by atoms with van der Waals surface area (Å²) in [4.78, 5) is 27.5. The first-order valence-electron chi connectivity index (χ1n) is 7.15. The van der Waals surface area contributed by atoms with Gasteiger partial charge in [-0.25, -0.2) is 4.79 Å². The van der Waals surface area contributed by atoms with Gasteiger partial charge in [0.1, 0.15) is 6.04 Å². The first-order chi connectivity index (χ1) is 9.58. The molecule has 0 radical (unpaired) electrons. The Morgan fingerprint density at radius 3 is 2.85 bits per heavy atom. The highest BCUT2D eigenvalue weighted by Gasteiger charge is 2.31. The van der Waals surface area contributed by atoms with Crippen LogP contribution in [0.15, 0.2) is 12.1 Å². The number of amides is 1. The summed E-state index contributed by atoms with van der Waals surface area (Å²) < 4.78 is 0. The van der Waals surface area contributed by atoms with E-state index < -0.39 is 12.0 Å². The first kappa shape index (κ1) is 15.0. The number of carbonyl (C=O) groups excluding carboxylic acids is 1. The summed E-state index contributed by atoms with van der Waals surface area (Å²) in [5.74, 6) is -0.877. The van der Waals surface area contributed by atoms with E-state index in [0.29, 0.717) is 19.4 Å². The lowest BCUT2D eigenvalue weighted by Gasteiger charge is -2.33. The molecule has 1 saturated heterocycles. The number of carbonyl (C=O) groups is 2. The van der Waals surface area contributed by atoms with Crippen LogP contribution in [0.3, 0.4) is 0 Å². The molecule has 1 N–H and O–H groups in total. The zero-order chi connectivity index (χ0) is 14.5. The Morgan fingerprint density at radius 2 is 2.20 bits per heavy atom. The lowest BCUT2D eigenvalue weighted by molar-refractivity contribution is -0.152. The van der Waals surface area contributed by atoms with E-state index in [0.717, 1.165) is 25.7 Å². The first-order valence-corrected chi connectivity index (χ1v) is 7.97. The number of piperidine rings is 1. The van der Waals surface area contributed by atoms with Gasteiger partial charge in [0.2, 0.25) is 5.91 Å². The summed E-state index contributed by atoms with van der Waals surface area (Å²) >= 11 is 1.76. The Kier molecular flexibility index (Phi) is 5.17. The highest BCUT2D eigenvalue weighted by molar-refractivity contribution is 7.11. The molecule has 0 aliphatic carbocycles. The van der Waals surface area contributed by atoms with E-state index in [9.17, 15) is 14.7 Å². The molecule has 0 spiro atoms. The lowest BCUT2D eigenvalue weighted by Crippen LogP contribution is -2.47. The fraction of sp³-hybridized carbons (Fsp3) is 0.600. The van der Waals surface area contributed by atoms with Gasteiger partial charge in [-0.15, -0.1) is 11.3 Å². The predicted octanol–water partition coefficient (Wildman–Crippen LogP) is 2.84. The molecule has 5 heteroatoms. The number of hydrogen-bond donors (Lipinski definition) is 1. The van der Waals surface area contributed by atoms with Gasteiger partial charge in [-0.05, 0) is 51.2 Å². The molecule has 0 bridgehead atoms. The number of rotatable bonds is 5. The van der Waals surface area contributed by atoms with Crippen molar-refractivity contribution < 1.29 is 14.7 Å². The molecule has 2 heterocycles. The van der Waals surface area contributed by atoms with Gasteiger partial charge in [-0.1, -0.05) is 0 Å². The quantitative estimate of drug-likeness (QED) is 0.908. The second-order valence-electron chi connectivity index (χ2n) is 5.30. The zero-order valence-corrected chi connectivity index (χ0v) is 12.6. The Balaban J connectivity index is 1.82. The van der Waals surface area contributed by atoms with Crippen LogP contribution in [0, 0.1) is 6.92 Å². The number of aryl methyl sites for hydroxylation is 2. The van der Waals surface area contributed by atoms with E-state index in [1.807, 2.05) is 0 Å². The number of thiophene rings is 1. The molecule has 2 rings (SSSR count). The molecular weight excluding hydrogens is 274 g/mol. The van der Waals surface area contributed by atoms with E-state index in [2.05, 4.69) is 19.1 Å².